The molecule has 3 rings (SSSR count). The second-order valence-electron chi connectivity index (χ2n) is 6.40. The van der Waals surface area contributed by atoms with E-state index in [0.29, 0.717) is 6.54 Å². The van der Waals surface area contributed by atoms with E-state index in [2.05, 4.69) is 0 Å². The van der Waals surface area contributed by atoms with Gasteiger partial charge >= 0.3 is 5.97 Å². The Balaban J connectivity index is 1.96. The van der Waals surface area contributed by atoms with Crippen LogP contribution in [-0.4, -0.2) is 33.4 Å². The Kier molecular flexibility index (Phi) is 4.71. The molecule has 1 fully saturated rings. The number of carboxylic acid groups (broad SMARTS) is 1. The van der Waals surface area contributed by atoms with E-state index < -0.39 is 16.6 Å². The van der Waals surface area contributed by atoms with Crippen molar-refractivity contribution in [2.24, 2.45) is 0 Å². The first-order valence-corrected chi connectivity index (χ1v) is 8.27. The Morgan fingerprint density at radius 3 is 2.42 bits per heavy atom. The number of carbonyl (C=O) groups is 2. The summed E-state index contributed by atoms with van der Waals surface area (Å²) in [6.07, 6.45) is 1.63. The topological polar surface area (TPSA) is 101 Å². The molecule has 0 aliphatic carbocycles. The summed E-state index contributed by atoms with van der Waals surface area (Å²) in [4.78, 5) is 36.2. The van der Waals surface area contributed by atoms with Gasteiger partial charge in [-0.3, -0.25) is 14.9 Å². The smallest absolute Gasteiger partial charge is 0.335 e. The number of nitro benzene ring substituents is 1. The lowest BCUT2D eigenvalue weighted by molar-refractivity contribution is -0.384. The van der Waals surface area contributed by atoms with Crippen LogP contribution in [-0.2, 0) is 0 Å². The van der Waals surface area contributed by atoms with Gasteiger partial charge in [0, 0.05) is 24.2 Å². The minimum Gasteiger partial charge on any atom is -0.478 e. The molecule has 1 saturated heterocycles. The van der Waals surface area contributed by atoms with Crippen molar-refractivity contribution in [2.75, 3.05) is 6.54 Å². The van der Waals surface area contributed by atoms with Crippen LogP contribution in [0.5, 0.6) is 0 Å². The number of amides is 1. The van der Waals surface area contributed by atoms with Gasteiger partial charge in [-0.1, -0.05) is 29.8 Å². The zero-order valence-corrected chi connectivity index (χ0v) is 14.2. The number of benzene rings is 2. The highest BCUT2D eigenvalue weighted by Crippen LogP contribution is 2.33. The molecular formula is C19H18N2O5. The van der Waals surface area contributed by atoms with Gasteiger partial charge in [-0.15, -0.1) is 0 Å². The van der Waals surface area contributed by atoms with Crippen LogP contribution < -0.4 is 0 Å². The lowest BCUT2D eigenvalue weighted by Crippen LogP contribution is -2.30. The molecule has 0 bridgehead atoms. The quantitative estimate of drug-likeness (QED) is 0.668. The van der Waals surface area contributed by atoms with Gasteiger partial charge in [0.05, 0.1) is 16.5 Å². The summed E-state index contributed by atoms with van der Waals surface area (Å²) in [5.41, 5.74) is 1.48. The van der Waals surface area contributed by atoms with E-state index >= 15 is 0 Å². The van der Waals surface area contributed by atoms with Gasteiger partial charge in [0.25, 0.3) is 11.6 Å². The van der Waals surface area contributed by atoms with Crippen molar-refractivity contribution in [1.29, 1.82) is 0 Å². The highest BCUT2D eigenvalue weighted by atomic mass is 16.6. The number of carboxylic acids is 1. The first-order chi connectivity index (χ1) is 12.4. The van der Waals surface area contributed by atoms with E-state index in [1.807, 2.05) is 31.2 Å². The lowest BCUT2D eigenvalue weighted by Gasteiger charge is -2.25. The van der Waals surface area contributed by atoms with Crippen LogP contribution in [0.25, 0.3) is 0 Å². The predicted molar refractivity (Wildman–Crippen MR) is 94.2 cm³/mol. The molecule has 1 unspecified atom stereocenters. The second-order valence-corrected chi connectivity index (χ2v) is 6.40. The minimum atomic E-state index is -1.31. The molecule has 1 aliphatic rings. The first kappa shape index (κ1) is 17.6. The predicted octanol–water partition coefficient (Wildman–Crippen LogP) is 3.58. The summed E-state index contributed by atoms with van der Waals surface area (Å²) in [7, 11) is 0. The zero-order valence-electron chi connectivity index (χ0n) is 14.2. The summed E-state index contributed by atoms with van der Waals surface area (Å²) in [6.45, 7) is 2.51. The Morgan fingerprint density at radius 2 is 1.81 bits per heavy atom. The molecule has 1 amide bonds. The molecule has 1 heterocycles. The van der Waals surface area contributed by atoms with E-state index in [-0.39, 0.29) is 23.1 Å². The van der Waals surface area contributed by atoms with Crippen molar-refractivity contribution in [2.45, 2.75) is 25.8 Å². The third-order valence-electron chi connectivity index (χ3n) is 4.60. The fraction of sp³-hybridized carbons (Fsp3) is 0.263. The van der Waals surface area contributed by atoms with Crippen LogP contribution in [0.3, 0.4) is 0 Å². The molecule has 2 aromatic rings. The zero-order chi connectivity index (χ0) is 18.8. The van der Waals surface area contributed by atoms with Gasteiger partial charge < -0.3 is 10.0 Å². The summed E-state index contributed by atoms with van der Waals surface area (Å²) in [6, 6.07) is 11.1. The molecule has 0 radical (unpaired) electrons. The second kappa shape index (κ2) is 6.95. The van der Waals surface area contributed by atoms with Crippen molar-refractivity contribution in [3.63, 3.8) is 0 Å². The minimum absolute atomic E-state index is 0.0237. The van der Waals surface area contributed by atoms with Gasteiger partial charge in [-0.2, -0.15) is 0 Å². The number of nitrogens with zero attached hydrogens (tertiary/aromatic N) is 2. The van der Waals surface area contributed by atoms with Crippen LogP contribution in [0.15, 0.2) is 42.5 Å². The Morgan fingerprint density at radius 1 is 1.15 bits per heavy atom. The van der Waals surface area contributed by atoms with E-state index in [9.17, 15) is 24.8 Å². The third-order valence-corrected chi connectivity index (χ3v) is 4.60. The third kappa shape index (κ3) is 3.42. The molecule has 0 spiro atoms. The number of hydrogen-bond donors (Lipinski definition) is 1. The van der Waals surface area contributed by atoms with Gasteiger partial charge in [-0.25, -0.2) is 4.79 Å². The molecule has 1 N–H and O–H groups in total. The van der Waals surface area contributed by atoms with E-state index in [1.165, 1.54) is 6.07 Å². The van der Waals surface area contributed by atoms with Crippen LogP contribution in [0.1, 0.15) is 50.7 Å². The Hall–Kier alpha value is -3.22. The number of hydrogen-bond acceptors (Lipinski definition) is 4. The maximum Gasteiger partial charge on any atom is 0.335 e. The van der Waals surface area contributed by atoms with Gasteiger partial charge in [0.15, 0.2) is 0 Å². The van der Waals surface area contributed by atoms with Gasteiger partial charge in [0.2, 0.25) is 0 Å². The lowest BCUT2D eigenvalue weighted by atomic mass is 10.0. The molecule has 1 atom stereocenters. The first-order valence-electron chi connectivity index (χ1n) is 8.27. The van der Waals surface area contributed by atoms with E-state index in [4.69, 9.17) is 0 Å². The largest absolute Gasteiger partial charge is 0.478 e. The number of carbonyl (C=O) groups excluding carboxylic acids is 1. The molecule has 1 aliphatic heterocycles. The Bertz CT molecular complexity index is 844. The molecule has 7 nitrogen and oxygen atoms in total. The van der Waals surface area contributed by atoms with Gasteiger partial charge in [-0.05, 0) is 31.4 Å². The van der Waals surface area contributed by atoms with E-state index in [1.54, 1.807) is 4.90 Å². The fourth-order valence-electron chi connectivity index (χ4n) is 3.27. The summed E-state index contributed by atoms with van der Waals surface area (Å²) >= 11 is 0. The van der Waals surface area contributed by atoms with Crippen LogP contribution in [0.4, 0.5) is 5.69 Å². The maximum atomic E-state index is 13.0. The number of aryl methyl sites for hydroxylation is 1. The molecule has 0 saturated carbocycles. The Labute approximate surface area is 150 Å². The van der Waals surface area contributed by atoms with Crippen molar-refractivity contribution in [3.8, 4) is 0 Å². The van der Waals surface area contributed by atoms with E-state index in [0.717, 1.165) is 36.1 Å². The summed E-state index contributed by atoms with van der Waals surface area (Å²) in [5, 5.41) is 20.2. The molecule has 2 aromatic carbocycles. The molecular weight excluding hydrogens is 336 g/mol. The monoisotopic (exact) mass is 354 g/mol. The summed E-state index contributed by atoms with van der Waals surface area (Å²) < 4.78 is 0. The SMILES string of the molecule is Cc1ccc(C2CCCN2C(=O)c2cc(C(=O)O)cc([N+](=O)[O-])c2)cc1. The fourth-order valence-corrected chi connectivity index (χ4v) is 3.27. The molecule has 0 aromatic heterocycles. The molecule has 134 valence electrons. The van der Waals surface area contributed by atoms with Gasteiger partial charge in [0.1, 0.15) is 0 Å². The highest BCUT2D eigenvalue weighted by Gasteiger charge is 2.31. The van der Waals surface area contributed by atoms with Crippen molar-refractivity contribution < 1.29 is 19.6 Å². The highest BCUT2D eigenvalue weighted by molar-refractivity contribution is 5.98. The van der Waals surface area contributed by atoms with Crippen LogP contribution in [0, 0.1) is 17.0 Å². The molecule has 26 heavy (non-hydrogen) atoms. The number of non-ortho nitro benzene ring substituents is 1. The standard InChI is InChI=1S/C19H18N2O5/c1-12-4-6-13(7-5-12)17-3-2-8-20(17)18(22)14-9-15(19(23)24)11-16(10-14)21(25)26/h4-7,9-11,17H,2-3,8H2,1H3,(H,23,24). The average Bonchev–Trinajstić information content (AvgIpc) is 3.10. The van der Waals surface area contributed by atoms with Crippen molar-refractivity contribution in [1.82, 2.24) is 4.90 Å². The van der Waals surface area contributed by atoms with Crippen molar-refractivity contribution in [3.05, 3.63) is 74.8 Å². The number of rotatable bonds is 4. The van der Waals surface area contributed by atoms with Crippen LogP contribution >= 0.6 is 0 Å². The number of nitro groups is 1. The number of likely N-dealkylation sites (tertiary alicyclic amines) is 1. The number of aromatic carboxylic acids is 1. The van der Waals surface area contributed by atoms with Crippen molar-refractivity contribution >= 4 is 17.6 Å². The van der Waals surface area contributed by atoms with Crippen LogP contribution in [0.2, 0.25) is 0 Å². The maximum absolute atomic E-state index is 13.0. The summed E-state index contributed by atoms with van der Waals surface area (Å²) in [5.74, 6) is -1.70. The molecule has 7 heteroatoms. The normalized spacial score (nSPS) is 16.5. The average molecular weight is 354 g/mol.